The van der Waals surface area contributed by atoms with Gasteiger partial charge in [-0.2, -0.15) is 0 Å². The number of benzene rings is 3. The van der Waals surface area contributed by atoms with Gasteiger partial charge in [-0.3, -0.25) is 4.79 Å². The van der Waals surface area contributed by atoms with Crippen LogP contribution in [0.2, 0.25) is 0 Å². The first-order valence-corrected chi connectivity index (χ1v) is 11.2. The lowest BCUT2D eigenvalue weighted by Crippen LogP contribution is -1.85. The fraction of sp³-hybridized carbons (Fsp3) is 0.0323. The highest BCUT2D eigenvalue weighted by molar-refractivity contribution is 8.13. The van der Waals surface area contributed by atoms with Crippen LogP contribution in [0.1, 0.15) is 34.7 Å². The summed E-state index contributed by atoms with van der Waals surface area (Å²) in [5.41, 5.74) is 4.69. The minimum atomic E-state index is 0.0767. The van der Waals surface area contributed by atoms with E-state index in [1.54, 1.807) is 6.92 Å². The summed E-state index contributed by atoms with van der Waals surface area (Å²) >= 11 is 1.22. The zero-order chi connectivity index (χ0) is 22.9. The molecule has 0 unspecified atom stereocenters. The van der Waals surface area contributed by atoms with Crippen LogP contribution in [-0.2, 0) is 4.79 Å². The highest BCUT2D eigenvalue weighted by Gasteiger charge is 2.13. The van der Waals surface area contributed by atoms with E-state index < -0.39 is 0 Å². The molecule has 2 heteroatoms. The molecule has 33 heavy (non-hydrogen) atoms. The van der Waals surface area contributed by atoms with E-state index >= 15 is 0 Å². The maximum Gasteiger partial charge on any atom is 0.190 e. The van der Waals surface area contributed by atoms with Gasteiger partial charge in [0, 0.05) is 39.6 Å². The first-order chi connectivity index (χ1) is 16.1. The van der Waals surface area contributed by atoms with Crippen LogP contribution in [0, 0.1) is 67.1 Å². The van der Waals surface area contributed by atoms with E-state index in [4.69, 9.17) is 0 Å². The van der Waals surface area contributed by atoms with Crippen LogP contribution >= 0.6 is 11.8 Å². The van der Waals surface area contributed by atoms with Gasteiger partial charge in [-0.25, -0.2) is 0 Å². The summed E-state index contributed by atoms with van der Waals surface area (Å²) in [6.07, 6.45) is 7.96. The van der Waals surface area contributed by atoms with Crippen molar-refractivity contribution >= 4 is 16.9 Å². The molecule has 1 nitrogen and oxygen atoms in total. The molecule has 4 rings (SSSR count). The molecule has 0 amide bonds. The van der Waals surface area contributed by atoms with E-state index in [9.17, 15) is 4.79 Å². The van der Waals surface area contributed by atoms with Gasteiger partial charge in [0.15, 0.2) is 5.12 Å². The monoisotopic (exact) mass is 439 g/mol. The molecule has 0 aliphatic heterocycles. The van der Waals surface area contributed by atoms with Gasteiger partial charge in [0.05, 0.1) is 5.92 Å². The Morgan fingerprint density at radius 1 is 0.545 bits per heavy atom. The molecule has 1 fully saturated rings. The van der Waals surface area contributed by atoms with Crippen LogP contribution in [0.5, 0.6) is 0 Å². The minimum absolute atomic E-state index is 0.0767. The molecule has 0 aromatic heterocycles. The van der Waals surface area contributed by atoms with Crippen molar-refractivity contribution in [2.24, 2.45) is 0 Å². The number of hydrogen-bond acceptors (Lipinski definition) is 2. The Morgan fingerprint density at radius 2 is 0.879 bits per heavy atom. The summed E-state index contributed by atoms with van der Waals surface area (Å²) < 4.78 is 0. The third-order valence-electron chi connectivity index (χ3n) is 4.60. The van der Waals surface area contributed by atoms with Crippen molar-refractivity contribution in [2.45, 2.75) is 11.8 Å². The van der Waals surface area contributed by atoms with Crippen LogP contribution in [0.15, 0.2) is 77.7 Å². The molecular formula is C31H19OS. The van der Waals surface area contributed by atoms with Crippen molar-refractivity contribution in [2.75, 3.05) is 0 Å². The first kappa shape index (κ1) is 22.6. The van der Waals surface area contributed by atoms with Gasteiger partial charge in [0.1, 0.15) is 0 Å². The van der Waals surface area contributed by atoms with E-state index in [1.165, 1.54) is 11.8 Å². The van der Waals surface area contributed by atoms with Gasteiger partial charge in [-0.15, -0.1) is 0 Å². The standard InChI is InChI=1S/C31H19OS/c1-24(32)33-31-22-20-30(21-23-31)19-18-29-16-14-28(15-17-29)13-12-27-10-8-26(9-11-27)7-6-25-4-2-3-5-25/h2-5,8-11,14-17,20-23H,1H3. The average Bonchev–Trinajstić information content (AvgIpc) is 3.36. The van der Waals surface area contributed by atoms with Crippen LogP contribution in [0.25, 0.3) is 0 Å². The van der Waals surface area contributed by atoms with Gasteiger partial charge in [-0.05, 0) is 98.5 Å². The van der Waals surface area contributed by atoms with Gasteiger partial charge >= 0.3 is 0 Å². The van der Waals surface area contributed by atoms with Crippen LogP contribution in [-0.4, -0.2) is 5.12 Å². The third-order valence-corrected chi connectivity index (χ3v) is 5.40. The smallest absolute Gasteiger partial charge is 0.190 e. The first-order valence-electron chi connectivity index (χ1n) is 10.4. The van der Waals surface area contributed by atoms with E-state index in [2.05, 4.69) is 35.5 Å². The Kier molecular flexibility index (Phi) is 7.72. The summed E-state index contributed by atoms with van der Waals surface area (Å²) in [6.45, 7) is 1.56. The predicted molar refractivity (Wildman–Crippen MR) is 135 cm³/mol. The molecule has 0 N–H and O–H groups in total. The van der Waals surface area contributed by atoms with Gasteiger partial charge < -0.3 is 0 Å². The maximum absolute atomic E-state index is 11.2. The second-order valence-corrected chi connectivity index (χ2v) is 8.45. The number of rotatable bonds is 1. The Balaban J connectivity index is 1.36. The summed E-state index contributed by atoms with van der Waals surface area (Å²) in [5, 5.41) is 0.0767. The maximum atomic E-state index is 11.2. The average molecular weight is 440 g/mol. The fourth-order valence-corrected chi connectivity index (χ4v) is 3.54. The van der Waals surface area contributed by atoms with Crippen molar-refractivity contribution in [3.8, 4) is 35.5 Å². The molecule has 0 spiro atoms. The summed E-state index contributed by atoms with van der Waals surface area (Å²) in [7, 11) is 0. The number of carbonyl (C=O) groups excluding carboxylic acids is 1. The molecule has 155 valence electrons. The molecule has 0 heterocycles. The quantitative estimate of drug-likeness (QED) is 0.348. The Bertz CT molecular complexity index is 1290. The minimum Gasteiger partial charge on any atom is -0.287 e. The lowest BCUT2D eigenvalue weighted by Gasteiger charge is -1.97. The largest absolute Gasteiger partial charge is 0.287 e. The van der Waals surface area contributed by atoms with Crippen molar-refractivity contribution in [1.29, 1.82) is 0 Å². The van der Waals surface area contributed by atoms with Crippen LogP contribution < -0.4 is 0 Å². The predicted octanol–water partition coefficient (Wildman–Crippen LogP) is 5.88. The van der Waals surface area contributed by atoms with Crippen molar-refractivity contribution in [3.63, 3.8) is 0 Å². The van der Waals surface area contributed by atoms with Crippen molar-refractivity contribution in [3.05, 3.63) is 132 Å². The molecule has 0 bridgehead atoms. The number of carbonyl (C=O) groups is 1. The molecular weight excluding hydrogens is 420 g/mol. The summed E-state index contributed by atoms with van der Waals surface area (Å²) in [4.78, 5) is 12.1. The highest BCUT2D eigenvalue weighted by atomic mass is 32.2. The second-order valence-electron chi connectivity index (χ2n) is 7.20. The molecule has 3 aromatic rings. The zero-order valence-corrected chi connectivity index (χ0v) is 18.9. The molecule has 3 aromatic carbocycles. The highest BCUT2D eigenvalue weighted by Crippen LogP contribution is 2.22. The Hall–Kier alpha value is -3.64. The topological polar surface area (TPSA) is 17.1 Å². The molecule has 1 aliphatic rings. The lowest BCUT2D eigenvalue weighted by molar-refractivity contribution is -0.109. The number of thioether (sulfide) groups is 1. The lowest BCUT2D eigenvalue weighted by atomic mass is 10.1. The summed E-state index contributed by atoms with van der Waals surface area (Å²) in [6, 6.07) is 23.5. The molecule has 5 radical (unpaired) electrons. The zero-order valence-electron chi connectivity index (χ0n) is 18.1. The molecule has 1 saturated carbocycles. The van der Waals surface area contributed by atoms with E-state index in [0.717, 1.165) is 38.6 Å². The molecule has 0 saturated heterocycles. The third kappa shape index (κ3) is 7.19. The Labute approximate surface area is 201 Å². The van der Waals surface area contributed by atoms with Crippen molar-refractivity contribution < 1.29 is 4.79 Å². The SMILES string of the molecule is CC(=O)Sc1ccc(C#Cc2ccc(C#Cc3ccc(C#C[C]4[CH][CH][CH][CH]4)cc3)cc2)cc1. The molecule has 0 atom stereocenters. The van der Waals surface area contributed by atoms with Crippen molar-refractivity contribution in [1.82, 2.24) is 0 Å². The normalized spacial score (nSPS) is 12.5. The van der Waals surface area contributed by atoms with Gasteiger partial charge in [0.2, 0.25) is 0 Å². The Morgan fingerprint density at radius 3 is 1.24 bits per heavy atom. The second kappa shape index (κ2) is 11.3. The molecule has 1 aliphatic carbocycles. The van der Waals surface area contributed by atoms with Gasteiger partial charge in [-0.1, -0.05) is 47.3 Å². The van der Waals surface area contributed by atoms with E-state index in [-0.39, 0.29) is 5.12 Å². The fourth-order valence-electron chi connectivity index (χ4n) is 2.94. The van der Waals surface area contributed by atoms with Crippen LogP contribution in [0.3, 0.4) is 0 Å². The summed E-state index contributed by atoms with van der Waals surface area (Å²) in [5.74, 6) is 20.0. The van der Waals surface area contributed by atoms with Gasteiger partial charge in [0.25, 0.3) is 0 Å². The number of hydrogen-bond donors (Lipinski definition) is 0. The van der Waals surface area contributed by atoms with E-state index in [0.29, 0.717) is 0 Å². The van der Waals surface area contributed by atoms with E-state index in [1.807, 2.05) is 98.5 Å². The van der Waals surface area contributed by atoms with Crippen LogP contribution in [0.4, 0.5) is 0 Å².